The average molecular weight is 376 g/mol. The zero-order chi connectivity index (χ0) is 19.2. The molecular formula is C21H33N3O3. The number of hydrogen-bond donors (Lipinski definition) is 1. The predicted molar refractivity (Wildman–Crippen MR) is 106 cm³/mol. The van der Waals surface area contributed by atoms with Gasteiger partial charge in [-0.15, -0.1) is 0 Å². The molecule has 0 saturated carbocycles. The number of likely N-dealkylation sites (tertiary alicyclic amines) is 2. The van der Waals surface area contributed by atoms with E-state index in [4.69, 9.17) is 9.47 Å². The van der Waals surface area contributed by atoms with Gasteiger partial charge in [0.15, 0.2) is 11.5 Å². The molecule has 1 aromatic carbocycles. The maximum Gasteiger partial charge on any atom is 0.317 e. The highest BCUT2D eigenvalue weighted by molar-refractivity contribution is 5.75. The molecule has 0 aromatic heterocycles. The molecule has 0 unspecified atom stereocenters. The zero-order valence-electron chi connectivity index (χ0n) is 16.9. The van der Waals surface area contributed by atoms with Gasteiger partial charge in [-0.3, -0.25) is 4.90 Å². The van der Waals surface area contributed by atoms with Crippen LogP contribution in [0.2, 0.25) is 0 Å². The zero-order valence-corrected chi connectivity index (χ0v) is 16.9. The summed E-state index contributed by atoms with van der Waals surface area (Å²) < 4.78 is 11.3. The number of piperidine rings is 1. The van der Waals surface area contributed by atoms with Crippen molar-refractivity contribution in [3.05, 3.63) is 23.8 Å². The highest BCUT2D eigenvalue weighted by Gasteiger charge is 2.37. The number of benzene rings is 1. The number of rotatable bonds is 7. The standard InChI is InChI=1S/C21H33N3O3/c1-4-12-27-20-17(9-7-10-19(20)26-3)13-22-21(25)23-14-18(15-23)24-11-6-5-8-16(24)2/h7,9-10,16,18H,4-6,8,11-15H2,1-3H3,(H,22,25)/t16-/m0/s1. The van der Waals surface area contributed by atoms with Crippen LogP contribution in [0.1, 0.15) is 45.1 Å². The Hall–Kier alpha value is -1.95. The molecule has 0 aliphatic carbocycles. The normalized spacial score (nSPS) is 20.9. The second-order valence-electron chi connectivity index (χ2n) is 7.60. The van der Waals surface area contributed by atoms with Gasteiger partial charge in [-0.1, -0.05) is 25.5 Å². The van der Waals surface area contributed by atoms with Gasteiger partial charge in [0.2, 0.25) is 0 Å². The summed E-state index contributed by atoms with van der Waals surface area (Å²) in [6.07, 6.45) is 4.81. The number of para-hydroxylation sites is 1. The van der Waals surface area contributed by atoms with Crippen molar-refractivity contribution >= 4 is 6.03 Å². The van der Waals surface area contributed by atoms with Crippen LogP contribution in [0.4, 0.5) is 4.79 Å². The monoisotopic (exact) mass is 375 g/mol. The van der Waals surface area contributed by atoms with E-state index in [-0.39, 0.29) is 6.03 Å². The minimum Gasteiger partial charge on any atom is -0.493 e. The van der Waals surface area contributed by atoms with E-state index in [1.165, 1.54) is 25.8 Å². The summed E-state index contributed by atoms with van der Waals surface area (Å²) in [5.74, 6) is 1.43. The number of amides is 2. The number of urea groups is 1. The third-order valence-electron chi connectivity index (χ3n) is 5.63. The van der Waals surface area contributed by atoms with Gasteiger partial charge < -0.3 is 19.7 Å². The lowest BCUT2D eigenvalue weighted by Crippen LogP contribution is -2.64. The van der Waals surface area contributed by atoms with E-state index in [0.717, 1.165) is 30.8 Å². The Bertz CT molecular complexity index is 631. The summed E-state index contributed by atoms with van der Waals surface area (Å²) in [4.78, 5) is 17.0. The summed E-state index contributed by atoms with van der Waals surface area (Å²) >= 11 is 0. The van der Waals surface area contributed by atoms with E-state index in [0.29, 0.717) is 31.0 Å². The largest absolute Gasteiger partial charge is 0.493 e. The second-order valence-corrected chi connectivity index (χ2v) is 7.60. The highest BCUT2D eigenvalue weighted by Crippen LogP contribution is 2.31. The lowest BCUT2D eigenvalue weighted by Gasteiger charge is -2.49. The molecule has 1 N–H and O–H groups in total. The molecule has 2 amide bonds. The summed E-state index contributed by atoms with van der Waals surface area (Å²) in [6.45, 7) is 8.27. The van der Waals surface area contributed by atoms with Gasteiger partial charge in [-0.05, 0) is 38.8 Å². The molecule has 0 bridgehead atoms. The van der Waals surface area contributed by atoms with Crippen molar-refractivity contribution in [3.8, 4) is 11.5 Å². The number of nitrogens with one attached hydrogen (secondary N) is 1. The molecule has 3 rings (SSSR count). The van der Waals surface area contributed by atoms with E-state index in [2.05, 4.69) is 24.1 Å². The van der Waals surface area contributed by atoms with Crippen molar-refractivity contribution in [2.75, 3.05) is 33.4 Å². The Labute approximate surface area is 162 Å². The maximum absolute atomic E-state index is 12.5. The number of methoxy groups -OCH3 is 1. The van der Waals surface area contributed by atoms with Gasteiger partial charge in [0.25, 0.3) is 0 Å². The Balaban J connectivity index is 1.51. The van der Waals surface area contributed by atoms with Gasteiger partial charge in [0.1, 0.15) is 0 Å². The van der Waals surface area contributed by atoms with E-state index < -0.39 is 0 Å². The van der Waals surface area contributed by atoms with Crippen molar-refractivity contribution in [1.82, 2.24) is 15.1 Å². The number of ether oxygens (including phenoxy) is 2. The summed E-state index contributed by atoms with van der Waals surface area (Å²) in [5, 5.41) is 3.04. The first-order valence-electron chi connectivity index (χ1n) is 10.2. The molecule has 2 aliphatic rings. The SMILES string of the molecule is CCCOc1c(CNC(=O)N2CC(N3CCCC[C@@H]3C)C2)cccc1OC. The lowest BCUT2D eigenvalue weighted by molar-refractivity contribution is 0.0169. The third kappa shape index (κ3) is 4.67. The average Bonchev–Trinajstić information content (AvgIpc) is 2.65. The molecule has 6 heteroatoms. The van der Waals surface area contributed by atoms with Crippen LogP contribution in [0.15, 0.2) is 18.2 Å². The fourth-order valence-corrected chi connectivity index (χ4v) is 4.01. The predicted octanol–water partition coefficient (Wildman–Crippen LogP) is 3.25. The first kappa shape index (κ1) is 19.8. The van der Waals surface area contributed by atoms with Gasteiger partial charge in [0, 0.05) is 37.3 Å². The molecule has 150 valence electrons. The number of hydrogen-bond acceptors (Lipinski definition) is 4. The fourth-order valence-electron chi connectivity index (χ4n) is 4.01. The second kappa shape index (κ2) is 9.31. The topological polar surface area (TPSA) is 54.0 Å². The molecule has 2 fully saturated rings. The molecule has 2 saturated heterocycles. The van der Waals surface area contributed by atoms with Crippen LogP contribution in [-0.2, 0) is 6.54 Å². The van der Waals surface area contributed by atoms with Crippen LogP contribution in [-0.4, -0.2) is 61.3 Å². The number of carbonyl (C=O) groups is 1. The van der Waals surface area contributed by atoms with Crippen LogP contribution in [0, 0.1) is 0 Å². The van der Waals surface area contributed by atoms with Crippen molar-refractivity contribution in [2.45, 2.75) is 58.2 Å². The molecule has 2 heterocycles. The van der Waals surface area contributed by atoms with E-state index in [1.807, 2.05) is 23.1 Å². The molecule has 27 heavy (non-hydrogen) atoms. The molecule has 1 atom stereocenters. The van der Waals surface area contributed by atoms with E-state index in [1.54, 1.807) is 7.11 Å². The highest BCUT2D eigenvalue weighted by atomic mass is 16.5. The van der Waals surface area contributed by atoms with Crippen LogP contribution in [0.25, 0.3) is 0 Å². The van der Waals surface area contributed by atoms with Crippen LogP contribution in [0.5, 0.6) is 11.5 Å². The van der Waals surface area contributed by atoms with Crippen LogP contribution < -0.4 is 14.8 Å². The van der Waals surface area contributed by atoms with Crippen molar-refractivity contribution in [3.63, 3.8) is 0 Å². The molecule has 1 aromatic rings. The summed E-state index contributed by atoms with van der Waals surface area (Å²) in [7, 11) is 1.64. The fraction of sp³-hybridized carbons (Fsp3) is 0.667. The Morgan fingerprint density at radius 3 is 2.81 bits per heavy atom. The summed E-state index contributed by atoms with van der Waals surface area (Å²) in [5.41, 5.74) is 0.942. The van der Waals surface area contributed by atoms with Gasteiger partial charge >= 0.3 is 6.03 Å². The van der Waals surface area contributed by atoms with Gasteiger partial charge in [-0.2, -0.15) is 0 Å². The van der Waals surface area contributed by atoms with E-state index >= 15 is 0 Å². The van der Waals surface area contributed by atoms with Gasteiger partial charge in [-0.25, -0.2) is 4.79 Å². The molecule has 2 aliphatic heterocycles. The number of carbonyl (C=O) groups excluding carboxylic acids is 1. The Kier molecular flexibility index (Phi) is 6.83. The lowest BCUT2D eigenvalue weighted by atomic mass is 9.98. The van der Waals surface area contributed by atoms with E-state index in [9.17, 15) is 4.79 Å². The molecular weight excluding hydrogens is 342 g/mol. The Morgan fingerprint density at radius 1 is 1.30 bits per heavy atom. The van der Waals surface area contributed by atoms with Crippen molar-refractivity contribution in [2.24, 2.45) is 0 Å². The first-order chi connectivity index (χ1) is 13.1. The number of nitrogens with zero attached hydrogens (tertiary/aromatic N) is 2. The maximum atomic E-state index is 12.5. The molecule has 6 nitrogen and oxygen atoms in total. The van der Waals surface area contributed by atoms with Gasteiger partial charge in [0.05, 0.1) is 13.7 Å². The quantitative estimate of drug-likeness (QED) is 0.795. The minimum atomic E-state index is 0.000161. The Morgan fingerprint density at radius 2 is 2.11 bits per heavy atom. The van der Waals surface area contributed by atoms with Crippen molar-refractivity contribution < 1.29 is 14.3 Å². The smallest absolute Gasteiger partial charge is 0.317 e. The third-order valence-corrected chi connectivity index (χ3v) is 5.63. The first-order valence-corrected chi connectivity index (χ1v) is 10.2. The van der Waals surface area contributed by atoms with Crippen LogP contribution in [0.3, 0.4) is 0 Å². The molecule has 0 spiro atoms. The minimum absolute atomic E-state index is 0.000161. The van der Waals surface area contributed by atoms with Crippen LogP contribution >= 0.6 is 0 Å². The van der Waals surface area contributed by atoms with Crippen molar-refractivity contribution in [1.29, 1.82) is 0 Å². The molecule has 0 radical (unpaired) electrons. The summed E-state index contributed by atoms with van der Waals surface area (Å²) in [6, 6.07) is 6.95.